The molecule has 0 aliphatic rings. The number of aromatic nitrogens is 1. The number of thiazole rings is 1. The molecule has 1 aromatic heterocycles. The Balaban J connectivity index is 1.23. The molecule has 0 aliphatic heterocycles. The van der Waals surface area contributed by atoms with Crippen LogP contribution in [0.15, 0.2) is 85.1 Å². The van der Waals surface area contributed by atoms with E-state index in [4.69, 9.17) is 9.47 Å². The number of hydrogen-bond acceptors (Lipinski definition) is 5. The molecular weight excluding hydrogens is 477 g/mol. The molecule has 0 fully saturated rings. The number of nitrogens with zero attached hydrogens (tertiary/aromatic N) is 1. The van der Waals surface area contributed by atoms with E-state index in [0.717, 1.165) is 22.6 Å². The van der Waals surface area contributed by atoms with Gasteiger partial charge in [0.1, 0.15) is 18.1 Å². The van der Waals surface area contributed by atoms with Gasteiger partial charge in [-0.25, -0.2) is 4.98 Å². The third kappa shape index (κ3) is 7.31. The summed E-state index contributed by atoms with van der Waals surface area (Å²) in [7, 11) is 0. The van der Waals surface area contributed by atoms with Crippen LogP contribution < -0.4 is 14.8 Å². The minimum atomic E-state index is -4.39. The number of halogens is 3. The van der Waals surface area contributed by atoms with Gasteiger partial charge in [0, 0.05) is 17.5 Å². The van der Waals surface area contributed by atoms with Gasteiger partial charge in [0.2, 0.25) is 0 Å². The number of nitrogens with one attached hydrogen (secondary N) is 1. The second-order valence-corrected chi connectivity index (χ2v) is 8.70. The number of amides is 1. The lowest BCUT2D eigenvalue weighted by Crippen LogP contribution is -2.19. The van der Waals surface area contributed by atoms with E-state index in [2.05, 4.69) is 10.3 Å². The summed E-state index contributed by atoms with van der Waals surface area (Å²) in [6.45, 7) is 0.236. The lowest BCUT2D eigenvalue weighted by Gasteiger charge is -2.09. The van der Waals surface area contributed by atoms with Crippen molar-refractivity contribution >= 4 is 22.4 Å². The van der Waals surface area contributed by atoms with Crippen LogP contribution in [0.5, 0.6) is 11.5 Å². The highest BCUT2D eigenvalue weighted by Gasteiger charge is 2.30. The molecule has 35 heavy (non-hydrogen) atoms. The second kappa shape index (κ2) is 11.1. The fourth-order valence-electron chi connectivity index (χ4n) is 3.18. The van der Waals surface area contributed by atoms with E-state index in [0.29, 0.717) is 28.8 Å². The van der Waals surface area contributed by atoms with Gasteiger partial charge in [-0.1, -0.05) is 48.5 Å². The first-order valence-electron chi connectivity index (χ1n) is 10.7. The summed E-state index contributed by atoms with van der Waals surface area (Å²) in [5, 5.41) is 2.99. The van der Waals surface area contributed by atoms with Crippen LogP contribution in [0, 0.1) is 0 Å². The highest BCUT2D eigenvalue weighted by atomic mass is 32.1. The average molecular weight is 499 g/mol. The fourth-order valence-corrected chi connectivity index (χ4v) is 4.05. The van der Waals surface area contributed by atoms with Crippen molar-refractivity contribution < 1.29 is 27.4 Å². The fraction of sp³-hybridized carbons (Fsp3) is 0.154. The summed E-state index contributed by atoms with van der Waals surface area (Å²) in [6.07, 6.45) is -2.57. The van der Waals surface area contributed by atoms with Gasteiger partial charge in [0.05, 0.1) is 5.56 Å². The third-order valence-corrected chi connectivity index (χ3v) is 5.79. The Morgan fingerprint density at radius 3 is 2.29 bits per heavy atom. The van der Waals surface area contributed by atoms with Crippen molar-refractivity contribution in [3.05, 3.63) is 107 Å². The van der Waals surface area contributed by atoms with E-state index in [1.807, 2.05) is 30.3 Å². The molecule has 180 valence electrons. The molecule has 0 unspecified atom stereocenters. The highest BCUT2D eigenvalue weighted by Crippen LogP contribution is 2.30. The molecule has 0 aliphatic carbocycles. The Morgan fingerprint density at radius 2 is 1.57 bits per heavy atom. The van der Waals surface area contributed by atoms with Crippen LogP contribution in [0.3, 0.4) is 0 Å². The van der Waals surface area contributed by atoms with Crippen molar-refractivity contribution in [1.82, 2.24) is 4.98 Å². The van der Waals surface area contributed by atoms with Gasteiger partial charge in [-0.2, -0.15) is 13.2 Å². The molecule has 9 heteroatoms. The van der Waals surface area contributed by atoms with Crippen LogP contribution in [0.1, 0.15) is 21.6 Å². The molecule has 1 heterocycles. The molecule has 0 radical (unpaired) electrons. The number of hydrogen-bond donors (Lipinski definition) is 1. The maximum absolute atomic E-state index is 12.9. The predicted octanol–water partition coefficient (Wildman–Crippen LogP) is 6.35. The molecule has 3 aromatic carbocycles. The first-order valence-corrected chi connectivity index (χ1v) is 11.5. The number of anilines is 1. The van der Waals surface area contributed by atoms with E-state index >= 15 is 0 Å². The van der Waals surface area contributed by atoms with Crippen molar-refractivity contribution in [3.8, 4) is 11.5 Å². The van der Waals surface area contributed by atoms with Crippen molar-refractivity contribution in [1.29, 1.82) is 0 Å². The zero-order valence-electron chi connectivity index (χ0n) is 18.4. The lowest BCUT2D eigenvalue weighted by atomic mass is 10.1. The third-order valence-electron chi connectivity index (χ3n) is 4.87. The maximum atomic E-state index is 12.9. The predicted molar refractivity (Wildman–Crippen MR) is 128 cm³/mol. The SMILES string of the molecule is O=C(COc1ccc(OCc2ccccc2)cc1)Nc1ncc(Cc2cccc(C(F)(F)F)c2)s1. The molecule has 0 spiro atoms. The van der Waals surface area contributed by atoms with Gasteiger partial charge in [0.15, 0.2) is 11.7 Å². The van der Waals surface area contributed by atoms with E-state index in [9.17, 15) is 18.0 Å². The molecule has 4 aromatic rings. The summed E-state index contributed by atoms with van der Waals surface area (Å²) in [5.41, 5.74) is 0.881. The number of carbonyl (C=O) groups excluding carboxylic acids is 1. The van der Waals surface area contributed by atoms with E-state index in [1.165, 1.54) is 23.6 Å². The molecule has 1 N–H and O–H groups in total. The van der Waals surface area contributed by atoms with Gasteiger partial charge < -0.3 is 9.47 Å². The molecular formula is C26H21F3N2O3S. The standard InChI is InChI=1S/C26H21F3N2O3S/c27-26(28,29)20-8-4-7-19(13-20)14-23-15-30-25(35-23)31-24(32)17-34-22-11-9-21(10-12-22)33-16-18-5-2-1-3-6-18/h1-13,15H,14,16-17H2,(H,30,31,32). The van der Waals surface area contributed by atoms with Crippen LogP contribution >= 0.6 is 11.3 Å². The molecule has 0 atom stereocenters. The highest BCUT2D eigenvalue weighted by molar-refractivity contribution is 7.15. The number of carbonyl (C=O) groups is 1. The van der Waals surface area contributed by atoms with Gasteiger partial charge in [-0.15, -0.1) is 11.3 Å². The first kappa shape index (κ1) is 24.3. The average Bonchev–Trinajstić information content (AvgIpc) is 3.29. The topological polar surface area (TPSA) is 60.5 Å². The normalized spacial score (nSPS) is 11.2. The molecule has 0 bridgehead atoms. The van der Waals surface area contributed by atoms with E-state index in [1.54, 1.807) is 30.3 Å². The molecule has 0 saturated carbocycles. The number of rotatable bonds is 9. The van der Waals surface area contributed by atoms with Crippen LogP contribution in [-0.2, 0) is 24.0 Å². The number of alkyl halides is 3. The largest absolute Gasteiger partial charge is 0.489 e. The summed E-state index contributed by atoms with van der Waals surface area (Å²) < 4.78 is 49.9. The Kier molecular flexibility index (Phi) is 7.67. The quantitative estimate of drug-likeness (QED) is 0.292. The Labute approximate surface area is 204 Å². The molecule has 0 saturated heterocycles. The summed E-state index contributed by atoms with van der Waals surface area (Å²) >= 11 is 1.20. The monoisotopic (exact) mass is 498 g/mol. The van der Waals surface area contributed by atoms with E-state index < -0.39 is 17.6 Å². The molecule has 5 nitrogen and oxygen atoms in total. The molecule has 1 amide bonds. The van der Waals surface area contributed by atoms with Crippen molar-refractivity contribution in [3.63, 3.8) is 0 Å². The number of benzene rings is 3. The maximum Gasteiger partial charge on any atom is 0.416 e. The number of ether oxygens (including phenoxy) is 2. The zero-order chi connectivity index (χ0) is 24.7. The van der Waals surface area contributed by atoms with Gasteiger partial charge in [0.25, 0.3) is 5.91 Å². The minimum Gasteiger partial charge on any atom is -0.489 e. The smallest absolute Gasteiger partial charge is 0.416 e. The van der Waals surface area contributed by atoms with Gasteiger partial charge in [-0.3, -0.25) is 10.1 Å². The van der Waals surface area contributed by atoms with Crippen LogP contribution in [-0.4, -0.2) is 17.5 Å². The molecule has 4 rings (SSSR count). The van der Waals surface area contributed by atoms with Crippen molar-refractivity contribution in [2.24, 2.45) is 0 Å². The van der Waals surface area contributed by atoms with E-state index in [-0.39, 0.29) is 13.0 Å². The first-order chi connectivity index (χ1) is 16.8. The van der Waals surface area contributed by atoms with Crippen LogP contribution in [0.4, 0.5) is 18.3 Å². The van der Waals surface area contributed by atoms with Crippen molar-refractivity contribution in [2.75, 3.05) is 11.9 Å². The minimum absolute atomic E-state index is 0.216. The Hall–Kier alpha value is -3.85. The Bertz CT molecular complexity index is 1260. The summed E-state index contributed by atoms with van der Waals surface area (Å²) in [4.78, 5) is 17.1. The summed E-state index contributed by atoms with van der Waals surface area (Å²) in [5.74, 6) is 0.799. The summed E-state index contributed by atoms with van der Waals surface area (Å²) in [6, 6.07) is 21.9. The van der Waals surface area contributed by atoms with Crippen LogP contribution in [0.2, 0.25) is 0 Å². The van der Waals surface area contributed by atoms with Crippen LogP contribution in [0.25, 0.3) is 0 Å². The second-order valence-electron chi connectivity index (χ2n) is 7.59. The van der Waals surface area contributed by atoms with Gasteiger partial charge >= 0.3 is 6.18 Å². The zero-order valence-corrected chi connectivity index (χ0v) is 19.2. The lowest BCUT2D eigenvalue weighted by molar-refractivity contribution is -0.137. The van der Waals surface area contributed by atoms with Crippen molar-refractivity contribution in [2.45, 2.75) is 19.2 Å². The Morgan fingerprint density at radius 1 is 0.886 bits per heavy atom. The van der Waals surface area contributed by atoms with Gasteiger partial charge in [-0.05, 0) is 41.5 Å².